The van der Waals surface area contributed by atoms with E-state index < -0.39 is 0 Å². The number of carbonyl (C=O) groups is 1. The number of nitrogens with one attached hydrogen (secondary N) is 3. The Bertz CT molecular complexity index is 1310. The molecule has 1 fully saturated rings. The Hall–Kier alpha value is -3.87. The highest BCUT2D eigenvalue weighted by molar-refractivity contribution is 6.01. The summed E-state index contributed by atoms with van der Waals surface area (Å²) < 4.78 is 0. The molecule has 1 aliphatic heterocycles. The van der Waals surface area contributed by atoms with Gasteiger partial charge in [-0.2, -0.15) is 4.98 Å². The molecule has 0 unspecified atom stereocenters. The summed E-state index contributed by atoms with van der Waals surface area (Å²) in [5, 5.41) is 7.62. The van der Waals surface area contributed by atoms with Crippen LogP contribution in [0.25, 0.3) is 22.0 Å². The van der Waals surface area contributed by atoms with Crippen molar-refractivity contribution in [1.29, 1.82) is 0 Å². The minimum absolute atomic E-state index is 0.0118. The first-order valence-corrected chi connectivity index (χ1v) is 11.5. The summed E-state index contributed by atoms with van der Waals surface area (Å²) in [7, 11) is 0. The van der Waals surface area contributed by atoms with Gasteiger partial charge in [-0.05, 0) is 44.0 Å². The molecule has 2 aromatic carbocycles. The third-order valence-electron chi connectivity index (χ3n) is 6.00. The average Bonchev–Trinajstić information content (AvgIpc) is 3.50. The fraction of sp³-hybridized carbons (Fsp3) is 0.269. The standard InChI is InChI=1S/C26H28N6O/c1-3-25(33)29-18-10-11-23(20(15-18)21-16-27-22-9-5-4-8-19(21)22)30-24-14-17(2)28-26(31-24)32-12-6-7-13-32/h4-5,8-11,14-16,27H,3,6-7,12-13H2,1-2H3,(H,29,33)(H,28,30,31). The summed E-state index contributed by atoms with van der Waals surface area (Å²) in [6, 6.07) is 16.1. The normalized spacial score (nSPS) is 13.5. The lowest BCUT2D eigenvalue weighted by Gasteiger charge is -2.18. The maximum Gasteiger partial charge on any atom is 0.227 e. The van der Waals surface area contributed by atoms with Crippen LogP contribution in [0, 0.1) is 6.92 Å². The zero-order chi connectivity index (χ0) is 22.8. The number of hydrogen-bond donors (Lipinski definition) is 3. The summed E-state index contributed by atoms with van der Waals surface area (Å²) >= 11 is 0. The first kappa shape index (κ1) is 21.0. The van der Waals surface area contributed by atoms with Gasteiger partial charge >= 0.3 is 0 Å². The van der Waals surface area contributed by atoms with Gasteiger partial charge in [0.2, 0.25) is 11.9 Å². The minimum atomic E-state index is -0.0118. The van der Waals surface area contributed by atoms with Crippen molar-refractivity contribution < 1.29 is 4.79 Å². The van der Waals surface area contributed by atoms with Gasteiger partial charge in [-0.3, -0.25) is 4.79 Å². The van der Waals surface area contributed by atoms with E-state index in [2.05, 4.69) is 37.6 Å². The van der Waals surface area contributed by atoms with E-state index in [0.717, 1.165) is 64.0 Å². The van der Waals surface area contributed by atoms with Crippen LogP contribution in [0.15, 0.2) is 54.7 Å². The second-order valence-electron chi connectivity index (χ2n) is 8.42. The molecule has 7 nitrogen and oxygen atoms in total. The van der Waals surface area contributed by atoms with E-state index in [0.29, 0.717) is 6.42 Å². The summed E-state index contributed by atoms with van der Waals surface area (Å²) in [5.41, 5.74) is 5.72. The van der Waals surface area contributed by atoms with Gasteiger partial charge in [-0.25, -0.2) is 4.98 Å². The van der Waals surface area contributed by atoms with Crippen LogP contribution in [0.4, 0.5) is 23.1 Å². The summed E-state index contributed by atoms with van der Waals surface area (Å²) in [5.74, 6) is 1.52. The molecule has 33 heavy (non-hydrogen) atoms. The third-order valence-corrected chi connectivity index (χ3v) is 6.00. The largest absolute Gasteiger partial charge is 0.361 e. The van der Waals surface area contributed by atoms with E-state index in [-0.39, 0.29) is 5.91 Å². The number of aromatic amines is 1. The van der Waals surface area contributed by atoms with E-state index >= 15 is 0 Å². The van der Waals surface area contributed by atoms with Crippen LogP contribution in [0.3, 0.4) is 0 Å². The van der Waals surface area contributed by atoms with Crippen molar-refractivity contribution in [2.45, 2.75) is 33.1 Å². The second-order valence-corrected chi connectivity index (χ2v) is 8.42. The van der Waals surface area contributed by atoms with Gasteiger partial charge in [0.05, 0.1) is 0 Å². The number of aryl methyl sites for hydroxylation is 1. The molecule has 0 spiro atoms. The molecule has 7 heteroatoms. The molecule has 4 aromatic rings. The topological polar surface area (TPSA) is 85.9 Å². The Kier molecular flexibility index (Phi) is 5.69. The van der Waals surface area contributed by atoms with Gasteiger partial charge in [0.1, 0.15) is 5.82 Å². The molecule has 3 N–H and O–H groups in total. The Morgan fingerprint density at radius 2 is 1.88 bits per heavy atom. The zero-order valence-electron chi connectivity index (χ0n) is 19.0. The van der Waals surface area contributed by atoms with Crippen LogP contribution in [0.2, 0.25) is 0 Å². The van der Waals surface area contributed by atoms with E-state index in [4.69, 9.17) is 4.98 Å². The maximum absolute atomic E-state index is 12.0. The lowest BCUT2D eigenvalue weighted by molar-refractivity contribution is -0.115. The van der Waals surface area contributed by atoms with Crippen molar-refractivity contribution in [1.82, 2.24) is 15.0 Å². The highest BCUT2D eigenvalue weighted by Crippen LogP contribution is 2.37. The number of amides is 1. The quantitative estimate of drug-likeness (QED) is 0.362. The Labute approximate surface area is 193 Å². The van der Waals surface area contributed by atoms with Crippen molar-refractivity contribution in [3.8, 4) is 11.1 Å². The molecule has 168 valence electrons. The van der Waals surface area contributed by atoms with Gasteiger partial charge in [-0.1, -0.05) is 25.1 Å². The highest BCUT2D eigenvalue weighted by Gasteiger charge is 2.17. The highest BCUT2D eigenvalue weighted by atomic mass is 16.1. The SMILES string of the molecule is CCC(=O)Nc1ccc(Nc2cc(C)nc(N3CCCC3)n2)c(-c2c[nH]c3ccccc23)c1. The number of rotatable bonds is 6. The van der Waals surface area contributed by atoms with Crippen LogP contribution in [0.5, 0.6) is 0 Å². The van der Waals surface area contributed by atoms with Crippen LogP contribution in [0.1, 0.15) is 31.9 Å². The fourth-order valence-electron chi connectivity index (χ4n) is 4.31. The first-order chi connectivity index (χ1) is 16.1. The molecule has 1 amide bonds. The molecule has 1 aliphatic rings. The Morgan fingerprint density at radius 3 is 2.70 bits per heavy atom. The molecule has 0 bridgehead atoms. The fourth-order valence-corrected chi connectivity index (χ4v) is 4.31. The monoisotopic (exact) mass is 440 g/mol. The lowest BCUT2D eigenvalue weighted by Crippen LogP contribution is -2.21. The molecule has 0 saturated carbocycles. The number of fused-ring (bicyclic) bond motifs is 1. The smallest absolute Gasteiger partial charge is 0.227 e. The summed E-state index contributed by atoms with van der Waals surface area (Å²) in [6.07, 6.45) is 4.80. The third kappa shape index (κ3) is 4.39. The minimum Gasteiger partial charge on any atom is -0.361 e. The van der Waals surface area contributed by atoms with Crippen molar-refractivity contribution in [3.05, 3.63) is 60.4 Å². The zero-order valence-corrected chi connectivity index (χ0v) is 19.0. The average molecular weight is 441 g/mol. The molecule has 3 heterocycles. The van der Waals surface area contributed by atoms with Gasteiger partial charge in [-0.15, -0.1) is 0 Å². The Morgan fingerprint density at radius 1 is 1.06 bits per heavy atom. The number of aromatic nitrogens is 3. The number of benzene rings is 2. The molecule has 1 saturated heterocycles. The van der Waals surface area contributed by atoms with Crippen molar-refractivity contribution >= 4 is 40.0 Å². The van der Waals surface area contributed by atoms with Gasteiger partial charge in [0, 0.05) is 70.9 Å². The van der Waals surface area contributed by atoms with E-state index in [1.807, 2.05) is 56.4 Å². The molecule has 5 rings (SSSR count). The van der Waals surface area contributed by atoms with Crippen LogP contribution < -0.4 is 15.5 Å². The number of carbonyl (C=O) groups excluding carboxylic acids is 1. The predicted molar refractivity (Wildman–Crippen MR) is 134 cm³/mol. The van der Waals surface area contributed by atoms with Gasteiger partial charge in [0.25, 0.3) is 0 Å². The van der Waals surface area contributed by atoms with E-state index in [1.54, 1.807) is 0 Å². The molecule has 2 aromatic heterocycles. The molecule has 0 atom stereocenters. The van der Waals surface area contributed by atoms with Gasteiger partial charge < -0.3 is 20.5 Å². The van der Waals surface area contributed by atoms with Crippen molar-refractivity contribution in [2.24, 2.45) is 0 Å². The van der Waals surface area contributed by atoms with Crippen molar-refractivity contribution in [2.75, 3.05) is 28.6 Å². The maximum atomic E-state index is 12.0. The van der Waals surface area contributed by atoms with Crippen LogP contribution in [-0.2, 0) is 4.79 Å². The molecular formula is C26H28N6O. The molecular weight excluding hydrogens is 412 g/mol. The molecule has 0 aliphatic carbocycles. The van der Waals surface area contributed by atoms with E-state index in [1.165, 1.54) is 12.8 Å². The molecule has 0 radical (unpaired) electrons. The summed E-state index contributed by atoms with van der Waals surface area (Å²) in [4.78, 5) is 27.1. The number of para-hydroxylation sites is 1. The number of nitrogens with zero attached hydrogens (tertiary/aromatic N) is 3. The first-order valence-electron chi connectivity index (χ1n) is 11.5. The number of hydrogen-bond acceptors (Lipinski definition) is 5. The van der Waals surface area contributed by atoms with Crippen LogP contribution in [-0.4, -0.2) is 33.9 Å². The Balaban J connectivity index is 1.56. The number of H-pyrrole nitrogens is 1. The number of anilines is 4. The predicted octanol–water partition coefficient (Wildman–Crippen LogP) is 5.63. The van der Waals surface area contributed by atoms with Gasteiger partial charge in [0.15, 0.2) is 0 Å². The lowest BCUT2D eigenvalue weighted by atomic mass is 10.0. The second kappa shape index (κ2) is 8.94. The van der Waals surface area contributed by atoms with Crippen molar-refractivity contribution in [3.63, 3.8) is 0 Å². The summed E-state index contributed by atoms with van der Waals surface area (Å²) in [6.45, 7) is 5.84. The van der Waals surface area contributed by atoms with E-state index in [9.17, 15) is 4.79 Å². The van der Waals surface area contributed by atoms with Crippen LogP contribution >= 0.6 is 0 Å².